The Morgan fingerprint density at radius 2 is 1.09 bits per heavy atom. The maximum Gasteiger partial charge on any atom is 0.235 e. The number of hydrogen-bond donors (Lipinski definition) is 0. The zero-order chi connectivity index (χ0) is 34.6. The van der Waals surface area contributed by atoms with E-state index >= 15 is 0 Å². The largest absolute Gasteiger partial charge is 0.309 e. The Kier molecular flexibility index (Phi) is 5.90. The second-order valence-corrected chi connectivity index (χ2v) is 14.9. The Labute approximate surface area is 307 Å². The molecule has 0 aliphatic carbocycles. The van der Waals surface area contributed by atoms with Gasteiger partial charge in [-0.2, -0.15) is 0 Å². The number of fused-ring (bicyclic) bond motifs is 12. The smallest absolute Gasteiger partial charge is 0.235 e. The van der Waals surface area contributed by atoms with Crippen LogP contribution in [0, 0.1) is 0 Å². The first-order valence-corrected chi connectivity index (χ1v) is 18.7. The summed E-state index contributed by atoms with van der Waals surface area (Å²) >= 11 is 1.77. The molecule has 8 aromatic carbocycles. The van der Waals surface area contributed by atoms with E-state index in [0.29, 0.717) is 5.95 Å². The van der Waals surface area contributed by atoms with Gasteiger partial charge >= 0.3 is 0 Å². The van der Waals surface area contributed by atoms with Gasteiger partial charge in [-0.25, -0.2) is 9.97 Å². The summed E-state index contributed by atoms with van der Waals surface area (Å²) in [7, 11) is 0. The summed E-state index contributed by atoms with van der Waals surface area (Å²) in [5, 5.41) is 10.8. The van der Waals surface area contributed by atoms with Crippen molar-refractivity contribution in [1.82, 2.24) is 19.1 Å². The molecule has 0 aliphatic rings. The first kappa shape index (κ1) is 28.8. The molecule has 4 heterocycles. The van der Waals surface area contributed by atoms with Crippen LogP contribution in [0.15, 0.2) is 170 Å². The minimum Gasteiger partial charge on any atom is -0.309 e. The van der Waals surface area contributed by atoms with Crippen molar-refractivity contribution in [3.05, 3.63) is 170 Å². The van der Waals surface area contributed by atoms with Gasteiger partial charge in [0.2, 0.25) is 5.95 Å². The number of hydrogen-bond acceptors (Lipinski definition) is 3. The third-order valence-corrected chi connectivity index (χ3v) is 12.1. The molecule has 0 bridgehead atoms. The zero-order valence-electron chi connectivity index (χ0n) is 28.4. The molecule has 0 saturated carbocycles. The first-order chi connectivity index (χ1) is 26.3. The van der Waals surface area contributed by atoms with Gasteiger partial charge in [-0.3, -0.25) is 4.57 Å². The van der Waals surface area contributed by atoms with Crippen LogP contribution in [0.1, 0.15) is 0 Å². The van der Waals surface area contributed by atoms with E-state index in [9.17, 15) is 0 Å². The molecule has 0 atom stereocenters. The number of benzene rings is 8. The van der Waals surface area contributed by atoms with E-state index in [1.54, 1.807) is 11.3 Å². The van der Waals surface area contributed by atoms with Crippen LogP contribution in [0.5, 0.6) is 0 Å². The predicted octanol–water partition coefficient (Wildman–Crippen LogP) is 13.0. The van der Waals surface area contributed by atoms with Crippen molar-refractivity contribution >= 4 is 96.8 Å². The summed E-state index contributed by atoms with van der Waals surface area (Å²) < 4.78 is 6.95. The SMILES string of the molecule is c1ccc(-n2c3ccccc3c3cc(-c4nc(-n5c6cc7ccccc7cc6c6c7ccccc7ccc65)nc5c4sc4ccccc45)ccc32)cc1. The van der Waals surface area contributed by atoms with E-state index in [-0.39, 0.29) is 0 Å². The number of rotatable bonds is 3. The Balaban J connectivity index is 1.20. The van der Waals surface area contributed by atoms with Crippen LogP contribution in [0.25, 0.3) is 108 Å². The van der Waals surface area contributed by atoms with E-state index in [1.807, 2.05) is 0 Å². The normalized spacial score (nSPS) is 12.2. The van der Waals surface area contributed by atoms with Crippen LogP contribution in [0.3, 0.4) is 0 Å². The highest BCUT2D eigenvalue weighted by Gasteiger charge is 2.22. The number of aromatic nitrogens is 4. The van der Waals surface area contributed by atoms with Gasteiger partial charge in [-0.05, 0) is 76.1 Å². The lowest BCUT2D eigenvalue weighted by atomic mass is 10.0. The van der Waals surface area contributed by atoms with Gasteiger partial charge in [0.25, 0.3) is 0 Å². The van der Waals surface area contributed by atoms with Crippen LogP contribution in [0.2, 0.25) is 0 Å². The third-order valence-electron chi connectivity index (χ3n) is 10.9. The highest BCUT2D eigenvalue weighted by Crippen LogP contribution is 2.43. The molecule has 246 valence electrons. The molecular formula is C48H28N4S. The predicted molar refractivity (Wildman–Crippen MR) is 224 cm³/mol. The summed E-state index contributed by atoms with van der Waals surface area (Å²) in [4.78, 5) is 11.0. The van der Waals surface area contributed by atoms with Gasteiger partial charge in [0, 0.05) is 42.9 Å². The molecule has 0 aliphatic heterocycles. The van der Waals surface area contributed by atoms with Crippen molar-refractivity contribution in [3.63, 3.8) is 0 Å². The molecule has 0 spiro atoms. The fraction of sp³-hybridized carbons (Fsp3) is 0. The second kappa shape index (κ2) is 10.8. The van der Waals surface area contributed by atoms with Crippen molar-refractivity contribution in [3.8, 4) is 22.9 Å². The minimum absolute atomic E-state index is 0.674. The van der Waals surface area contributed by atoms with Gasteiger partial charge in [-0.1, -0.05) is 115 Å². The fourth-order valence-electron chi connectivity index (χ4n) is 8.54. The number of thiophene rings is 1. The lowest BCUT2D eigenvalue weighted by molar-refractivity contribution is 1.02. The lowest BCUT2D eigenvalue weighted by Crippen LogP contribution is -2.03. The quantitative estimate of drug-likeness (QED) is 0.185. The second-order valence-electron chi connectivity index (χ2n) is 13.8. The summed E-state index contributed by atoms with van der Waals surface area (Å²) in [6, 6.07) is 61.2. The molecular weight excluding hydrogens is 665 g/mol. The molecule has 12 aromatic rings. The summed E-state index contributed by atoms with van der Waals surface area (Å²) in [6.45, 7) is 0. The Morgan fingerprint density at radius 1 is 0.415 bits per heavy atom. The summed E-state index contributed by atoms with van der Waals surface area (Å²) in [5.41, 5.74) is 8.70. The van der Waals surface area contributed by atoms with Gasteiger partial charge in [0.1, 0.15) is 0 Å². The van der Waals surface area contributed by atoms with Crippen LogP contribution >= 0.6 is 11.3 Å². The van der Waals surface area contributed by atoms with E-state index in [4.69, 9.17) is 9.97 Å². The molecule has 4 nitrogen and oxygen atoms in total. The van der Waals surface area contributed by atoms with E-state index in [0.717, 1.165) is 43.6 Å². The van der Waals surface area contributed by atoms with E-state index < -0.39 is 0 Å². The molecule has 0 amide bonds. The molecule has 0 radical (unpaired) electrons. The molecule has 0 saturated heterocycles. The minimum atomic E-state index is 0.674. The maximum atomic E-state index is 5.58. The molecule has 4 aromatic heterocycles. The fourth-order valence-corrected chi connectivity index (χ4v) is 9.69. The zero-order valence-corrected chi connectivity index (χ0v) is 29.2. The van der Waals surface area contributed by atoms with Gasteiger partial charge < -0.3 is 4.57 Å². The van der Waals surface area contributed by atoms with E-state index in [1.165, 1.54) is 58.8 Å². The van der Waals surface area contributed by atoms with E-state index in [2.05, 4.69) is 179 Å². The van der Waals surface area contributed by atoms with Crippen molar-refractivity contribution < 1.29 is 0 Å². The van der Waals surface area contributed by atoms with Gasteiger partial charge in [0.05, 0.1) is 38.0 Å². The van der Waals surface area contributed by atoms with Crippen LogP contribution in [-0.4, -0.2) is 19.1 Å². The highest BCUT2D eigenvalue weighted by atomic mass is 32.1. The van der Waals surface area contributed by atoms with Crippen LogP contribution in [-0.2, 0) is 0 Å². The summed E-state index contributed by atoms with van der Waals surface area (Å²) in [5.74, 6) is 0.674. The molecule has 0 N–H and O–H groups in total. The maximum absolute atomic E-state index is 5.58. The summed E-state index contributed by atoms with van der Waals surface area (Å²) in [6.07, 6.45) is 0. The molecule has 5 heteroatoms. The highest BCUT2D eigenvalue weighted by molar-refractivity contribution is 7.26. The molecule has 0 unspecified atom stereocenters. The van der Waals surface area contributed by atoms with Gasteiger partial charge in [-0.15, -0.1) is 11.3 Å². The monoisotopic (exact) mass is 692 g/mol. The molecule has 53 heavy (non-hydrogen) atoms. The van der Waals surface area contributed by atoms with Crippen LogP contribution in [0.4, 0.5) is 0 Å². The number of para-hydroxylation sites is 2. The van der Waals surface area contributed by atoms with Crippen LogP contribution < -0.4 is 0 Å². The molecule has 0 fully saturated rings. The topological polar surface area (TPSA) is 35.6 Å². The average molecular weight is 693 g/mol. The average Bonchev–Trinajstić information content (AvgIpc) is 3.87. The Bertz CT molecular complexity index is 3460. The Hall–Kier alpha value is -6.82. The first-order valence-electron chi connectivity index (χ1n) is 17.9. The lowest BCUT2D eigenvalue weighted by Gasteiger charge is -2.11. The number of nitrogens with zero attached hydrogens (tertiary/aromatic N) is 4. The van der Waals surface area contributed by atoms with Crippen molar-refractivity contribution in [2.45, 2.75) is 0 Å². The Morgan fingerprint density at radius 3 is 1.96 bits per heavy atom. The third kappa shape index (κ3) is 4.11. The molecule has 12 rings (SSSR count). The van der Waals surface area contributed by atoms with Crippen molar-refractivity contribution in [2.75, 3.05) is 0 Å². The van der Waals surface area contributed by atoms with Crippen molar-refractivity contribution in [1.29, 1.82) is 0 Å². The van der Waals surface area contributed by atoms with Crippen molar-refractivity contribution in [2.24, 2.45) is 0 Å². The standard InChI is InChI=1S/C48H28N4S/c1-2-15-33(16-3-1)51-39-20-10-8-18-35(39)37-27-32(23-24-40(37)51)45-47-46(36-19-9-11-21-43(36)53-47)50-48(49-45)52-41-25-22-29-12-6-7-17-34(29)44(41)38-26-30-13-4-5-14-31(30)28-42(38)52/h1-28H. The van der Waals surface area contributed by atoms with Gasteiger partial charge in [0.15, 0.2) is 0 Å².